The van der Waals surface area contributed by atoms with Gasteiger partial charge in [0.2, 0.25) is 0 Å². The molecule has 0 aliphatic rings. The summed E-state index contributed by atoms with van der Waals surface area (Å²) in [6, 6.07) is 5.53. The molecule has 0 radical (unpaired) electrons. The first-order chi connectivity index (χ1) is 9.83. The van der Waals surface area contributed by atoms with Crippen LogP contribution in [0.4, 0.5) is 20.8 Å². The minimum atomic E-state index is -4.03. The number of nitrogens with zero attached hydrogens (tertiary/aromatic N) is 1. The molecule has 0 saturated carbocycles. The van der Waals surface area contributed by atoms with Crippen LogP contribution in [0.25, 0.3) is 0 Å². The molecule has 8 nitrogen and oxygen atoms in total. The highest BCUT2D eigenvalue weighted by molar-refractivity contribution is 7.94. The molecule has 2 rings (SSSR count). The van der Waals surface area contributed by atoms with Crippen molar-refractivity contribution in [3.8, 4) is 0 Å². The number of hydrazine groups is 1. The Morgan fingerprint density at radius 3 is 2.38 bits per heavy atom. The van der Waals surface area contributed by atoms with Gasteiger partial charge in [-0.1, -0.05) is 11.3 Å². The second-order valence-electron chi connectivity index (χ2n) is 3.79. The highest BCUT2D eigenvalue weighted by Crippen LogP contribution is 2.36. The average Bonchev–Trinajstić information content (AvgIpc) is 2.86. The number of nitrogens with two attached hydrogens (primary N) is 1. The molecule has 0 unspecified atom stereocenters. The van der Waals surface area contributed by atoms with Crippen molar-refractivity contribution < 1.29 is 17.7 Å². The number of nitro groups is 1. The summed E-state index contributed by atoms with van der Waals surface area (Å²) in [4.78, 5) is 10.0. The van der Waals surface area contributed by atoms with Crippen LogP contribution in [0.3, 0.4) is 0 Å². The van der Waals surface area contributed by atoms with Crippen LogP contribution in [0.2, 0.25) is 0 Å². The van der Waals surface area contributed by atoms with Gasteiger partial charge >= 0.3 is 5.69 Å². The summed E-state index contributed by atoms with van der Waals surface area (Å²) in [5.74, 6) is 4.60. The normalized spacial score (nSPS) is 11.1. The monoisotopic (exact) mass is 332 g/mol. The summed E-state index contributed by atoms with van der Waals surface area (Å²) in [5.41, 5.74) is 1.77. The van der Waals surface area contributed by atoms with Crippen LogP contribution in [0.5, 0.6) is 0 Å². The molecule has 0 fully saturated rings. The first-order valence-electron chi connectivity index (χ1n) is 5.36. The second kappa shape index (κ2) is 5.63. The van der Waals surface area contributed by atoms with E-state index in [4.69, 9.17) is 5.84 Å². The van der Waals surface area contributed by atoms with Gasteiger partial charge < -0.3 is 5.43 Å². The highest BCUT2D eigenvalue weighted by Gasteiger charge is 2.25. The molecule has 0 aliphatic heterocycles. The summed E-state index contributed by atoms with van der Waals surface area (Å²) in [7, 11) is -4.03. The Hall–Kier alpha value is -2.24. The number of sulfonamides is 1. The molecule has 1 aromatic heterocycles. The van der Waals surface area contributed by atoms with Gasteiger partial charge in [-0.3, -0.25) is 14.8 Å². The fourth-order valence-corrected chi connectivity index (χ4v) is 3.75. The zero-order valence-corrected chi connectivity index (χ0v) is 11.9. The van der Waals surface area contributed by atoms with Crippen molar-refractivity contribution in [3.63, 3.8) is 0 Å². The Morgan fingerprint density at radius 1 is 1.29 bits per heavy atom. The van der Waals surface area contributed by atoms with E-state index in [9.17, 15) is 22.9 Å². The van der Waals surface area contributed by atoms with Crippen molar-refractivity contribution in [1.29, 1.82) is 0 Å². The molecular weight excluding hydrogens is 323 g/mol. The molecular formula is C10H9FN4O4S2. The highest BCUT2D eigenvalue weighted by atomic mass is 32.2. The van der Waals surface area contributed by atoms with Crippen molar-refractivity contribution >= 4 is 37.7 Å². The molecule has 0 spiro atoms. The maximum absolute atomic E-state index is 12.8. The van der Waals surface area contributed by atoms with Crippen LogP contribution in [0.1, 0.15) is 0 Å². The Bertz CT molecular complexity index is 773. The van der Waals surface area contributed by atoms with Crippen LogP contribution in [-0.4, -0.2) is 13.3 Å². The van der Waals surface area contributed by atoms with Crippen molar-refractivity contribution in [3.05, 3.63) is 46.3 Å². The third kappa shape index (κ3) is 3.26. The average molecular weight is 332 g/mol. The van der Waals surface area contributed by atoms with E-state index in [1.54, 1.807) is 0 Å². The summed E-state index contributed by atoms with van der Waals surface area (Å²) >= 11 is 0.615. The van der Waals surface area contributed by atoms with Gasteiger partial charge in [-0.05, 0) is 24.3 Å². The lowest BCUT2D eigenvalue weighted by molar-refractivity contribution is -0.383. The molecule has 0 aliphatic carbocycles. The number of thiophene rings is 1. The van der Waals surface area contributed by atoms with Crippen molar-refractivity contribution in [1.82, 2.24) is 0 Å². The first kappa shape index (κ1) is 15.2. The zero-order valence-electron chi connectivity index (χ0n) is 10.2. The van der Waals surface area contributed by atoms with Crippen LogP contribution >= 0.6 is 11.3 Å². The predicted octanol–water partition coefficient (Wildman–Crippen LogP) is 1.88. The molecule has 2 aromatic rings. The van der Waals surface area contributed by atoms with Gasteiger partial charge in [0.15, 0.2) is 5.00 Å². The van der Waals surface area contributed by atoms with Crippen molar-refractivity contribution in [2.45, 2.75) is 4.21 Å². The van der Waals surface area contributed by atoms with E-state index in [0.29, 0.717) is 11.3 Å². The van der Waals surface area contributed by atoms with E-state index < -0.39 is 26.5 Å². The molecule has 1 heterocycles. The number of nitrogen functional groups attached to an aromatic ring is 1. The van der Waals surface area contributed by atoms with E-state index in [0.717, 1.165) is 18.2 Å². The number of benzene rings is 1. The summed E-state index contributed by atoms with van der Waals surface area (Å²) in [6.45, 7) is 0. The third-order valence-corrected chi connectivity index (χ3v) is 5.29. The molecule has 1 aromatic carbocycles. The van der Waals surface area contributed by atoms with Crippen molar-refractivity contribution in [2.75, 3.05) is 10.1 Å². The molecule has 11 heteroatoms. The largest absolute Gasteiger partial charge is 0.310 e. The fourth-order valence-electron chi connectivity index (χ4n) is 1.45. The quantitative estimate of drug-likeness (QED) is 0.436. The number of hydrogen-bond acceptors (Lipinski definition) is 7. The van der Waals surface area contributed by atoms with Crippen LogP contribution < -0.4 is 16.0 Å². The first-order valence-corrected chi connectivity index (χ1v) is 7.66. The van der Waals surface area contributed by atoms with Gasteiger partial charge in [-0.25, -0.2) is 18.7 Å². The molecule has 0 atom stereocenters. The van der Waals surface area contributed by atoms with Crippen molar-refractivity contribution in [2.24, 2.45) is 5.84 Å². The fraction of sp³-hybridized carbons (Fsp3) is 0. The number of halogens is 1. The Kier molecular flexibility index (Phi) is 4.06. The van der Waals surface area contributed by atoms with E-state index in [1.165, 1.54) is 12.1 Å². The van der Waals surface area contributed by atoms with Gasteiger partial charge in [-0.15, -0.1) is 0 Å². The molecule has 21 heavy (non-hydrogen) atoms. The van der Waals surface area contributed by atoms with Gasteiger partial charge in [0.05, 0.1) is 4.92 Å². The van der Waals surface area contributed by atoms with E-state index >= 15 is 0 Å². The molecule has 112 valence electrons. The lowest BCUT2D eigenvalue weighted by Crippen LogP contribution is -2.11. The molecule has 0 bridgehead atoms. The molecule has 0 saturated heterocycles. The van der Waals surface area contributed by atoms with Gasteiger partial charge in [0, 0.05) is 11.8 Å². The number of rotatable bonds is 5. The Labute approximate surface area is 122 Å². The summed E-state index contributed by atoms with van der Waals surface area (Å²) in [5, 5.41) is 10.7. The van der Waals surface area contributed by atoms with Gasteiger partial charge in [0.1, 0.15) is 10.0 Å². The SMILES string of the molecule is NNc1sc(S(=O)(=O)Nc2ccc(F)cc2)cc1[N+](=O)[O-]. The topological polar surface area (TPSA) is 127 Å². The predicted molar refractivity (Wildman–Crippen MR) is 76.0 cm³/mol. The maximum Gasteiger partial charge on any atom is 0.306 e. The van der Waals surface area contributed by atoms with Crippen LogP contribution in [-0.2, 0) is 10.0 Å². The number of hydrogen-bond donors (Lipinski definition) is 3. The number of nitrogens with one attached hydrogen (secondary N) is 2. The Balaban J connectivity index is 2.35. The minimum Gasteiger partial charge on any atom is -0.310 e. The maximum atomic E-state index is 12.8. The van der Waals surface area contributed by atoms with E-state index in [1.807, 2.05) is 0 Å². The smallest absolute Gasteiger partial charge is 0.306 e. The number of anilines is 2. The molecule has 4 N–H and O–H groups in total. The van der Waals surface area contributed by atoms with Gasteiger partial charge in [-0.2, -0.15) is 0 Å². The minimum absolute atomic E-state index is 0.0838. The van der Waals surface area contributed by atoms with E-state index in [-0.39, 0.29) is 14.9 Å². The summed E-state index contributed by atoms with van der Waals surface area (Å²) < 4.78 is 38.9. The van der Waals surface area contributed by atoms with E-state index in [2.05, 4.69) is 10.1 Å². The zero-order chi connectivity index (χ0) is 15.6. The third-order valence-electron chi connectivity index (χ3n) is 2.38. The van der Waals surface area contributed by atoms with Crippen LogP contribution in [0.15, 0.2) is 34.5 Å². The Morgan fingerprint density at radius 2 is 1.90 bits per heavy atom. The lowest BCUT2D eigenvalue weighted by Gasteiger charge is -2.05. The lowest BCUT2D eigenvalue weighted by atomic mass is 10.3. The summed E-state index contributed by atoms with van der Waals surface area (Å²) in [6.07, 6.45) is 0. The molecule has 0 amide bonds. The van der Waals surface area contributed by atoms with Gasteiger partial charge in [0.25, 0.3) is 10.0 Å². The van der Waals surface area contributed by atoms with Crippen LogP contribution in [0, 0.1) is 15.9 Å². The second-order valence-corrected chi connectivity index (χ2v) is 6.76. The standard InChI is InChI=1S/C10H9FN4O4S2/c11-6-1-3-7(4-2-6)14-21(18,19)9-5-8(15(16)17)10(13-12)20-9/h1-5,13-14H,12H2.